The van der Waals surface area contributed by atoms with Crippen molar-refractivity contribution in [2.75, 3.05) is 6.61 Å². The first-order valence-electron chi connectivity index (χ1n) is 5.88. The Labute approximate surface area is 101 Å². The minimum absolute atomic E-state index is 0.0715. The average molecular weight is 238 g/mol. The number of esters is 1. The summed E-state index contributed by atoms with van der Waals surface area (Å²) >= 11 is 0. The van der Waals surface area contributed by atoms with Crippen LogP contribution in [0, 0.1) is 0 Å². The topological polar surface area (TPSA) is 61.2 Å². The van der Waals surface area contributed by atoms with E-state index in [1.54, 1.807) is 10.9 Å². The molecule has 0 spiro atoms. The van der Waals surface area contributed by atoms with Crippen LogP contribution in [0.15, 0.2) is 12.5 Å². The third kappa shape index (κ3) is 4.01. The van der Waals surface area contributed by atoms with E-state index in [-0.39, 0.29) is 24.6 Å². The van der Waals surface area contributed by atoms with E-state index in [1.165, 1.54) is 6.20 Å². The molecular formula is C12H18N2O3. The Morgan fingerprint density at radius 1 is 1.35 bits per heavy atom. The molecule has 5 heteroatoms. The van der Waals surface area contributed by atoms with E-state index in [4.69, 9.17) is 4.74 Å². The number of ketones is 1. The van der Waals surface area contributed by atoms with Gasteiger partial charge < -0.3 is 9.30 Å². The molecule has 0 unspecified atom stereocenters. The minimum Gasteiger partial charge on any atom is -0.466 e. The molecule has 5 nitrogen and oxygen atoms in total. The first-order valence-corrected chi connectivity index (χ1v) is 5.88. The fourth-order valence-electron chi connectivity index (χ4n) is 1.44. The Bertz CT molecular complexity index is 385. The maximum absolute atomic E-state index is 11.8. The zero-order valence-electron chi connectivity index (χ0n) is 10.3. The van der Waals surface area contributed by atoms with E-state index in [1.807, 2.05) is 13.8 Å². The molecule has 0 aliphatic heterocycles. The second-order valence-corrected chi connectivity index (χ2v) is 3.71. The van der Waals surface area contributed by atoms with Crippen LogP contribution in [0.25, 0.3) is 0 Å². The van der Waals surface area contributed by atoms with Gasteiger partial charge in [0.2, 0.25) is 0 Å². The van der Waals surface area contributed by atoms with Crippen molar-refractivity contribution in [1.29, 1.82) is 0 Å². The lowest BCUT2D eigenvalue weighted by Gasteiger charge is -2.04. The van der Waals surface area contributed by atoms with Crippen LogP contribution in [0.4, 0.5) is 0 Å². The summed E-state index contributed by atoms with van der Waals surface area (Å²) < 4.78 is 6.67. The first-order chi connectivity index (χ1) is 8.19. The molecule has 1 aromatic heterocycles. The summed E-state index contributed by atoms with van der Waals surface area (Å²) in [5, 5.41) is 0. The van der Waals surface area contributed by atoms with E-state index < -0.39 is 0 Å². The number of hydrogen-bond acceptors (Lipinski definition) is 4. The first kappa shape index (κ1) is 13.4. The van der Waals surface area contributed by atoms with Crippen LogP contribution in [0.3, 0.4) is 0 Å². The molecule has 1 heterocycles. The third-order valence-corrected chi connectivity index (χ3v) is 2.36. The summed E-state index contributed by atoms with van der Waals surface area (Å²) in [5.74, 6) is -0.388. The highest BCUT2D eigenvalue weighted by atomic mass is 16.5. The number of hydrogen-bond donors (Lipinski definition) is 0. The third-order valence-electron chi connectivity index (χ3n) is 2.36. The van der Waals surface area contributed by atoms with E-state index in [0.29, 0.717) is 18.8 Å². The highest BCUT2D eigenvalue weighted by molar-refractivity contribution is 5.95. The lowest BCUT2D eigenvalue weighted by molar-refractivity contribution is -0.143. The van der Waals surface area contributed by atoms with Gasteiger partial charge in [-0.2, -0.15) is 0 Å². The summed E-state index contributed by atoms with van der Waals surface area (Å²) in [5.41, 5.74) is 0.552. The highest BCUT2D eigenvalue weighted by Gasteiger charge is 2.13. The summed E-state index contributed by atoms with van der Waals surface area (Å²) in [6.45, 7) is 4.98. The van der Waals surface area contributed by atoms with Crippen LogP contribution in [-0.4, -0.2) is 27.9 Å². The number of ether oxygens (including phenoxy) is 1. The molecule has 0 radical (unpaired) electrons. The van der Waals surface area contributed by atoms with Crippen molar-refractivity contribution in [2.24, 2.45) is 0 Å². The highest BCUT2D eigenvalue weighted by Crippen LogP contribution is 2.06. The van der Waals surface area contributed by atoms with Gasteiger partial charge in [-0.3, -0.25) is 9.59 Å². The fraction of sp³-hybridized carbons (Fsp3) is 0.583. The van der Waals surface area contributed by atoms with Gasteiger partial charge in [-0.1, -0.05) is 6.92 Å². The largest absolute Gasteiger partial charge is 0.466 e. The van der Waals surface area contributed by atoms with Crippen molar-refractivity contribution in [2.45, 2.75) is 39.7 Å². The Balaban J connectivity index is 2.42. The quantitative estimate of drug-likeness (QED) is 0.537. The molecule has 0 aromatic carbocycles. The van der Waals surface area contributed by atoms with Crippen molar-refractivity contribution in [3.8, 4) is 0 Å². The molecule has 0 saturated carbocycles. The van der Waals surface area contributed by atoms with E-state index in [2.05, 4.69) is 4.98 Å². The standard InChI is InChI=1S/C12H18N2O3/c1-3-7-17-12(16)6-5-11(15)10-8-13-9-14(10)4-2/h8-9H,3-7H2,1-2H3. The number of carbonyl (C=O) groups excluding carboxylic acids is 2. The molecule has 0 aliphatic rings. The van der Waals surface area contributed by atoms with Gasteiger partial charge in [0.25, 0.3) is 0 Å². The maximum Gasteiger partial charge on any atom is 0.306 e. The summed E-state index contributed by atoms with van der Waals surface area (Å²) in [6, 6.07) is 0. The fourth-order valence-corrected chi connectivity index (χ4v) is 1.44. The second-order valence-electron chi connectivity index (χ2n) is 3.71. The Kier molecular flexibility index (Phi) is 5.39. The Morgan fingerprint density at radius 2 is 2.12 bits per heavy atom. The van der Waals surface area contributed by atoms with Gasteiger partial charge in [-0.25, -0.2) is 4.98 Å². The van der Waals surface area contributed by atoms with Crippen LogP contribution in [0.2, 0.25) is 0 Å². The van der Waals surface area contributed by atoms with Gasteiger partial charge in [0.05, 0.1) is 25.6 Å². The van der Waals surface area contributed by atoms with E-state index in [0.717, 1.165) is 6.42 Å². The molecule has 0 bridgehead atoms. The Morgan fingerprint density at radius 3 is 2.76 bits per heavy atom. The molecule has 1 rings (SSSR count). The summed E-state index contributed by atoms with van der Waals surface area (Å²) in [4.78, 5) is 26.9. The SMILES string of the molecule is CCCOC(=O)CCC(=O)c1cncn1CC. The number of carbonyl (C=O) groups is 2. The molecule has 0 aliphatic carbocycles. The summed E-state index contributed by atoms with van der Waals surface area (Å²) in [7, 11) is 0. The number of imidazole rings is 1. The molecular weight excluding hydrogens is 220 g/mol. The molecule has 17 heavy (non-hydrogen) atoms. The predicted octanol–water partition coefficient (Wildman–Crippen LogP) is 1.82. The van der Waals surface area contributed by atoms with Crippen molar-refractivity contribution in [1.82, 2.24) is 9.55 Å². The van der Waals surface area contributed by atoms with Crippen LogP contribution in [-0.2, 0) is 16.1 Å². The van der Waals surface area contributed by atoms with Gasteiger partial charge in [-0.05, 0) is 13.3 Å². The molecule has 0 saturated heterocycles. The molecule has 0 N–H and O–H groups in total. The number of nitrogens with zero attached hydrogens (tertiary/aromatic N) is 2. The average Bonchev–Trinajstić information content (AvgIpc) is 2.81. The monoisotopic (exact) mass is 238 g/mol. The van der Waals surface area contributed by atoms with Crippen LogP contribution < -0.4 is 0 Å². The number of aryl methyl sites for hydroxylation is 1. The lowest BCUT2D eigenvalue weighted by atomic mass is 10.2. The normalized spacial score (nSPS) is 10.2. The van der Waals surface area contributed by atoms with Crippen molar-refractivity contribution < 1.29 is 14.3 Å². The van der Waals surface area contributed by atoms with Gasteiger partial charge >= 0.3 is 5.97 Å². The van der Waals surface area contributed by atoms with Crippen molar-refractivity contribution in [3.05, 3.63) is 18.2 Å². The number of aromatic nitrogens is 2. The molecule has 0 atom stereocenters. The maximum atomic E-state index is 11.8. The van der Waals surface area contributed by atoms with E-state index >= 15 is 0 Å². The molecule has 0 fully saturated rings. The van der Waals surface area contributed by atoms with Gasteiger partial charge in [0.15, 0.2) is 5.78 Å². The van der Waals surface area contributed by atoms with Crippen LogP contribution in [0.1, 0.15) is 43.6 Å². The smallest absolute Gasteiger partial charge is 0.306 e. The van der Waals surface area contributed by atoms with Crippen LogP contribution in [0.5, 0.6) is 0 Å². The van der Waals surface area contributed by atoms with Gasteiger partial charge in [0.1, 0.15) is 5.69 Å². The van der Waals surface area contributed by atoms with Crippen molar-refractivity contribution in [3.63, 3.8) is 0 Å². The zero-order valence-corrected chi connectivity index (χ0v) is 10.3. The predicted molar refractivity (Wildman–Crippen MR) is 62.7 cm³/mol. The second kappa shape index (κ2) is 6.83. The van der Waals surface area contributed by atoms with Crippen molar-refractivity contribution >= 4 is 11.8 Å². The lowest BCUT2D eigenvalue weighted by Crippen LogP contribution is -2.11. The molecule has 1 aromatic rings. The number of Topliss-reactive ketones (excluding diaryl/α,β-unsaturated/α-hetero) is 1. The number of rotatable bonds is 7. The van der Waals surface area contributed by atoms with E-state index in [9.17, 15) is 9.59 Å². The zero-order chi connectivity index (χ0) is 12.7. The minimum atomic E-state index is -0.317. The summed E-state index contributed by atoms with van der Waals surface area (Å²) in [6.07, 6.45) is 4.25. The molecule has 94 valence electrons. The molecule has 0 amide bonds. The van der Waals surface area contributed by atoms with Gasteiger partial charge in [0, 0.05) is 13.0 Å². The van der Waals surface area contributed by atoms with Gasteiger partial charge in [-0.15, -0.1) is 0 Å². The Hall–Kier alpha value is -1.65. The van der Waals surface area contributed by atoms with Crippen LogP contribution >= 0.6 is 0 Å².